The van der Waals surface area contributed by atoms with Crippen LogP contribution in [0.3, 0.4) is 0 Å². The summed E-state index contributed by atoms with van der Waals surface area (Å²) in [4.78, 5) is 27.4. The van der Waals surface area contributed by atoms with Gasteiger partial charge in [-0.3, -0.25) is 4.79 Å². The molecule has 3 aromatic rings. The number of benzene rings is 2. The minimum Gasteiger partial charge on any atom is -0.422 e. The van der Waals surface area contributed by atoms with Crippen LogP contribution in [0.2, 0.25) is 5.02 Å². The Labute approximate surface area is 167 Å². The molecule has 0 aliphatic carbocycles. The maximum atomic E-state index is 13.3. The molecule has 28 heavy (non-hydrogen) atoms. The third kappa shape index (κ3) is 4.11. The monoisotopic (exact) mass is 397 g/mol. The van der Waals surface area contributed by atoms with Crippen molar-refractivity contribution >= 4 is 28.5 Å². The largest absolute Gasteiger partial charge is 0.422 e. The number of fused-ring (bicyclic) bond motifs is 1. The van der Waals surface area contributed by atoms with Gasteiger partial charge in [-0.15, -0.1) is 0 Å². The topological polar surface area (TPSA) is 59.8 Å². The predicted molar refractivity (Wildman–Crippen MR) is 108 cm³/mol. The molecular formula is C22H20ClNO4. The minimum atomic E-state index is -0.628. The van der Waals surface area contributed by atoms with E-state index in [0.29, 0.717) is 35.7 Å². The summed E-state index contributed by atoms with van der Waals surface area (Å²) in [5.41, 5.74) is 0.802. The highest BCUT2D eigenvalue weighted by Gasteiger charge is 2.26. The van der Waals surface area contributed by atoms with E-state index in [2.05, 4.69) is 0 Å². The van der Waals surface area contributed by atoms with E-state index in [4.69, 9.17) is 20.8 Å². The van der Waals surface area contributed by atoms with Crippen LogP contribution in [-0.4, -0.2) is 30.1 Å². The lowest BCUT2D eigenvalue weighted by atomic mass is 10.1. The summed E-state index contributed by atoms with van der Waals surface area (Å²) in [7, 11) is 0. The molecule has 6 heteroatoms. The van der Waals surface area contributed by atoms with Gasteiger partial charge in [-0.2, -0.15) is 0 Å². The van der Waals surface area contributed by atoms with Crippen LogP contribution in [0.5, 0.6) is 0 Å². The highest BCUT2D eigenvalue weighted by Crippen LogP contribution is 2.19. The first-order valence-electron chi connectivity index (χ1n) is 9.28. The normalized spacial score (nSPS) is 16.4. The fourth-order valence-corrected chi connectivity index (χ4v) is 3.57. The van der Waals surface area contributed by atoms with Crippen LogP contribution in [0.25, 0.3) is 11.0 Å². The number of ether oxygens (including phenoxy) is 1. The molecule has 4 rings (SSSR count). The number of carbonyl (C=O) groups is 1. The first-order chi connectivity index (χ1) is 13.6. The SMILES string of the molecule is O=C(c1cc2ccccc2oc1=O)N(Cc1ccc(Cl)cc1)C[C@H]1CCCO1. The van der Waals surface area contributed by atoms with Gasteiger partial charge in [-0.05, 0) is 42.7 Å². The average Bonchev–Trinajstić information content (AvgIpc) is 3.21. The number of hydrogen-bond acceptors (Lipinski definition) is 4. The van der Waals surface area contributed by atoms with Crippen molar-refractivity contribution in [2.75, 3.05) is 13.2 Å². The van der Waals surface area contributed by atoms with Gasteiger partial charge in [0, 0.05) is 30.1 Å². The Kier molecular flexibility index (Phi) is 5.46. The van der Waals surface area contributed by atoms with Crippen molar-refractivity contribution in [3.8, 4) is 0 Å². The summed E-state index contributed by atoms with van der Waals surface area (Å²) in [6.45, 7) is 1.49. The lowest BCUT2D eigenvalue weighted by molar-refractivity contribution is 0.0504. The maximum Gasteiger partial charge on any atom is 0.349 e. The smallest absolute Gasteiger partial charge is 0.349 e. The first-order valence-corrected chi connectivity index (χ1v) is 9.66. The molecule has 1 saturated heterocycles. The van der Waals surface area contributed by atoms with Gasteiger partial charge in [0.1, 0.15) is 11.1 Å². The summed E-state index contributed by atoms with van der Waals surface area (Å²) in [5, 5.41) is 1.35. The molecule has 5 nitrogen and oxygen atoms in total. The number of halogens is 1. The second-order valence-corrected chi connectivity index (χ2v) is 7.37. The van der Waals surface area contributed by atoms with E-state index in [9.17, 15) is 9.59 Å². The lowest BCUT2D eigenvalue weighted by Gasteiger charge is -2.25. The summed E-state index contributed by atoms with van der Waals surface area (Å²) in [6.07, 6.45) is 1.85. The molecule has 0 bridgehead atoms. The van der Waals surface area contributed by atoms with Crippen LogP contribution >= 0.6 is 11.6 Å². The number of nitrogens with zero attached hydrogens (tertiary/aromatic N) is 1. The third-order valence-corrected chi connectivity index (χ3v) is 5.15. The van der Waals surface area contributed by atoms with E-state index in [-0.39, 0.29) is 17.6 Å². The molecule has 1 atom stereocenters. The number of amides is 1. The quantitative estimate of drug-likeness (QED) is 0.603. The van der Waals surface area contributed by atoms with Crippen LogP contribution in [0.15, 0.2) is 63.8 Å². The van der Waals surface area contributed by atoms with Gasteiger partial charge in [0.25, 0.3) is 5.91 Å². The molecule has 0 spiro atoms. The summed E-state index contributed by atoms with van der Waals surface area (Å²) in [6, 6.07) is 16.1. The molecule has 2 heterocycles. The van der Waals surface area contributed by atoms with Gasteiger partial charge in [-0.25, -0.2) is 4.79 Å². The Hall–Kier alpha value is -2.63. The van der Waals surface area contributed by atoms with Crippen molar-refractivity contribution in [1.82, 2.24) is 4.90 Å². The van der Waals surface area contributed by atoms with Crippen LogP contribution in [-0.2, 0) is 11.3 Å². The van der Waals surface area contributed by atoms with Crippen molar-refractivity contribution < 1.29 is 13.9 Å². The van der Waals surface area contributed by atoms with Crippen LogP contribution in [0.4, 0.5) is 0 Å². The summed E-state index contributed by atoms with van der Waals surface area (Å²) >= 11 is 5.97. The van der Waals surface area contributed by atoms with E-state index in [1.165, 1.54) is 0 Å². The molecule has 2 aromatic carbocycles. The van der Waals surface area contributed by atoms with E-state index in [1.807, 2.05) is 24.3 Å². The zero-order chi connectivity index (χ0) is 19.5. The standard InChI is InChI=1S/C22H20ClNO4/c23-17-9-7-15(8-10-17)13-24(14-18-5-3-11-27-18)21(25)19-12-16-4-1-2-6-20(16)28-22(19)26/h1-2,4,6-10,12,18H,3,5,11,13-14H2/t18-/m1/s1. The Morgan fingerprint density at radius 3 is 2.68 bits per heavy atom. The number of hydrogen-bond donors (Lipinski definition) is 0. The van der Waals surface area contributed by atoms with Gasteiger partial charge in [0.15, 0.2) is 0 Å². The fraction of sp³-hybridized carbons (Fsp3) is 0.273. The van der Waals surface area contributed by atoms with E-state index < -0.39 is 5.63 Å². The minimum absolute atomic E-state index is 0.0243. The third-order valence-electron chi connectivity index (χ3n) is 4.89. The zero-order valence-electron chi connectivity index (χ0n) is 15.3. The van der Waals surface area contributed by atoms with Gasteiger partial charge in [-0.1, -0.05) is 41.9 Å². The Balaban J connectivity index is 1.66. The van der Waals surface area contributed by atoms with Crippen molar-refractivity contribution in [3.05, 3.63) is 81.2 Å². The zero-order valence-corrected chi connectivity index (χ0v) is 16.0. The highest BCUT2D eigenvalue weighted by atomic mass is 35.5. The van der Waals surface area contributed by atoms with Gasteiger partial charge in [0.2, 0.25) is 0 Å². The first kappa shape index (κ1) is 18.7. The van der Waals surface area contributed by atoms with Gasteiger partial charge in [0.05, 0.1) is 6.10 Å². The highest BCUT2D eigenvalue weighted by molar-refractivity contribution is 6.30. The van der Waals surface area contributed by atoms with Crippen LogP contribution in [0, 0.1) is 0 Å². The van der Waals surface area contributed by atoms with Gasteiger partial charge >= 0.3 is 5.63 Å². The Morgan fingerprint density at radius 2 is 1.93 bits per heavy atom. The average molecular weight is 398 g/mol. The van der Waals surface area contributed by atoms with Crippen molar-refractivity contribution in [2.24, 2.45) is 0 Å². The summed E-state index contributed by atoms with van der Waals surface area (Å²) in [5.74, 6) is -0.357. The molecule has 1 aliphatic rings. The number of carbonyl (C=O) groups excluding carboxylic acids is 1. The second-order valence-electron chi connectivity index (χ2n) is 6.93. The molecule has 1 fully saturated rings. The summed E-state index contributed by atoms with van der Waals surface area (Å²) < 4.78 is 11.1. The van der Waals surface area contributed by atoms with E-state index in [1.54, 1.807) is 35.2 Å². The molecule has 0 unspecified atom stereocenters. The van der Waals surface area contributed by atoms with Crippen molar-refractivity contribution in [1.29, 1.82) is 0 Å². The maximum absolute atomic E-state index is 13.3. The molecule has 1 aromatic heterocycles. The lowest BCUT2D eigenvalue weighted by Crippen LogP contribution is -2.38. The second kappa shape index (κ2) is 8.17. The fourth-order valence-electron chi connectivity index (χ4n) is 3.44. The molecule has 0 saturated carbocycles. The number of rotatable bonds is 5. The molecule has 1 aliphatic heterocycles. The molecule has 1 amide bonds. The van der Waals surface area contributed by atoms with Crippen molar-refractivity contribution in [2.45, 2.75) is 25.5 Å². The molecule has 0 radical (unpaired) electrons. The molecule has 0 N–H and O–H groups in total. The Bertz CT molecular complexity index is 1040. The van der Waals surface area contributed by atoms with E-state index >= 15 is 0 Å². The van der Waals surface area contributed by atoms with Gasteiger partial charge < -0.3 is 14.1 Å². The van der Waals surface area contributed by atoms with E-state index in [0.717, 1.165) is 18.4 Å². The molecular weight excluding hydrogens is 378 g/mol. The molecule has 144 valence electrons. The van der Waals surface area contributed by atoms with Crippen molar-refractivity contribution in [3.63, 3.8) is 0 Å². The Morgan fingerprint density at radius 1 is 1.14 bits per heavy atom. The van der Waals surface area contributed by atoms with Crippen LogP contribution < -0.4 is 5.63 Å². The van der Waals surface area contributed by atoms with Crippen LogP contribution in [0.1, 0.15) is 28.8 Å². The predicted octanol–water partition coefficient (Wildman–Crippen LogP) is 4.27. The number of para-hydroxylation sites is 1.